The van der Waals surface area contributed by atoms with Gasteiger partial charge in [0.25, 0.3) is 0 Å². The topological polar surface area (TPSA) is 12.0 Å². The van der Waals surface area contributed by atoms with Gasteiger partial charge in [0.2, 0.25) is 0 Å². The molecule has 1 nitrogen and oxygen atoms in total. The zero-order valence-electron chi connectivity index (χ0n) is 14.4. The lowest BCUT2D eigenvalue weighted by Gasteiger charge is -2.48. The Hall–Kier alpha value is -0.0400. The second-order valence-electron chi connectivity index (χ2n) is 8.17. The normalized spacial score (nSPS) is 35.7. The molecule has 4 unspecified atom stereocenters. The van der Waals surface area contributed by atoms with Crippen molar-refractivity contribution in [1.29, 1.82) is 0 Å². The van der Waals surface area contributed by atoms with Crippen molar-refractivity contribution in [3.63, 3.8) is 0 Å². The molecule has 2 saturated carbocycles. The van der Waals surface area contributed by atoms with Crippen LogP contribution in [0.5, 0.6) is 0 Å². The molecule has 0 aliphatic heterocycles. The third kappa shape index (κ3) is 3.78. The van der Waals surface area contributed by atoms with Gasteiger partial charge in [-0.2, -0.15) is 0 Å². The molecule has 1 N–H and O–H groups in total. The van der Waals surface area contributed by atoms with Crippen molar-refractivity contribution in [1.82, 2.24) is 5.32 Å². The fourth-order valence-electron chi connectivity index (χ4n) is 4.84. The van der Waals surface area contributed by atoms with Crippen LogP contribution in [0.15, 0.2) is 0 Å². The molecule has 2 fully saturated rings. The molecule has 4 atom stereocenters. The Morgan fingerprint density at radius 1 is 1.05 bits per heavy atom. The Kier molecular flexibility index (Phi) is 5.95. The summed E-state index contributed by atoms with van der Waals surface area (Å²) in [5.41, 5.74) is 0.568. The Balaban J connectivity index is 2.06. The summed E-state index contributed by atoms with van der Waals surface area (Å²) in [7, 11) is 0. The third-order valence-electron chi connectivity index (χ3n) is 6.47. The maximum atomic E-state index is 3.98. The fourth-order valence-corrected chi connectivity index (χ4v) is 4.84. The lowest BCUT2D eigenvalue weighted by Crippen LogP contribution is -2.51. The molecule has 0 spiro atoms. The van der Waals surface area contributed by atoms with Crippen LogP contribution >= 0.6 is 0 Å². The SMILES string of the molecule is CCCNC(C1CCC(C)C(C)C1)C1(C)CCCCC1. The van der Waals surface area contributed by atoms with E-state index in [0.29, 0.717) is 5.41 Å². The van der Waals surface area contributed by atoms with Crippen LogP contribution in [-0.4, -0.2) is 12.6 Å². The van der Waals surface area contributed by atoms with Gasteiger partial charge in [0.1, 0.15) is 0 Å². The molecule has 0 radical (unpaired) electrons. The molecule has 2 aliphatic rings. The summed E-state index contributed by atoms with van der Waals surface area (Å²) in [5.74, 6) is 2.79. The first-order valence-corrected chi connectivity index (χ1v) is 9.30. The van der Waals surface area contributed by atoms with Gasteiger partial charge in [0.05, 0.1) is 0 Å². The molecule has 0 aromatic rings. The zero-order chi connectivity index (χ0) is 14.6. The summed E-state index contributed by atoms with van der Waals surface area (Å²) < 4.78 is 0. The first-order chi connectivity index (χ1) is 9.57. The molecule has 0 saturated heterocycles. The van der Waals surface area contributed by atoms with E-state index in [9.17, 15) is 0 Å². The average molecular weight is 280 g/mol. The monoisotopic (exact) mass is 279 g/mol. The highest BCUT2D eigenvalue weighted by Gasteiger charge is 2.41. The predicted molar refractivity (Wildman–Crippen MR) is 88.9 cm³/mol. The standard InChI is InChI=1S/C19H37N/c1-5-13-20-18(19(4)11-7-6-8-12-19)17-10-9-15(2)16(3)14-17/h15-18,20H,5-14H2,1-4H3. The molecule has 118 valence electrons. The van der Waals surface area contributed by atoms with Gasteiger partial charge in [-0.25, -0.2) is 0 Å². The number of rotatable bonds is 5. The van der Waals surface area contributed by atoms with Crippen LogP contribution in [0.3, 0.4) is 0 Å². The van der Waals surface area contributed by atoms with E-state index in [1.165, 1.54) is 64.3 Å². The van der Waals surface area contributed by atoms with Crippen molar-refractivity contribution in [2.75, 3.05) is 6.54 Å². The Bertz CT molecular complexity index is 279. The second kappa shape index (κ2) is 7.29. The van der Waals surface area contributed by atoms with Crippen molar-refractivity contribution < 1.29 is 0 Å². The Morgan fingerprint density at radius 2 is 1.75 bits per heavy atom. The molecule has 2 rings (SSSR count). The highest BCUT2D eigenvalue weighted by molar-refractivity contribution is 4.96. The summed E-state index contributed by atoms with van der Waals surface area (Å²) in [4.78, 5) is 0. The largest absolute Gasteiger partial charge is 0.313 e. The van der Waals surface area contributed by atoms with E-state index in [4.69, 9.17) is 0 Å². The summed E-state index contributed by atoms with van der Waals surface area (Å²) >= 11 is 0. The highest BCUT2D eigenvalue weighted by Crippen LogP contribution is 2.46. The van der Waals surface area contributed by atoms with Crippen LogP contribution in [0.25, 0.3) is 0 Å². The molecule has 0 bridgehead atoms. The molecular weight excluding hydrogens is 242 g/mol. The van der Waals surface area contributed by atoms with Crippen molar-refractivity contribution in [2.24, 2.45) is 23.2 Å². The maximum Gasteiger partial charge on any atom is 0.0149 e. The molecule has 0 aromatic heterocycles. The smallest absolute Gasteiger partial charge is 0.0149 e. The van der Waals surface area contributed by atoms with Crippen molar-refractivity contribution >= 4 is 0 Å². The van der Waals surface area contributed by atoms with Gasteiger partial charge in [0.15, 0.2) is 0 Å². The van der Waals surface area contributed by atoms with E-state index in [-0.39, 0.29) is 0 Å². The third-order valence-corrected chi connectivity index (χ3v) is 6.47. The van der Waals surface area contributed by atoms with Gasteiger partial charge >= 0.3 is 0 Å². The molecule has 1 heteroatoms. The van der Waals surface area contributed by atoms with Gasteiger partial charge in [-0.1, -0.05) is 53.4 Å². The van der Waals surface area contributed by atoms with Crippen molar-refractivity contribution in [3.05, 3.63) is 0 Å². The van der Waals surface area contributed by atoms with Crippen LogP contribution < -0.4 is 5.32 Å². The quantitative estimate of drug-likeness (QED) is 0.710. The highest BCUT2D eigenvalue weighted by atomic mass is 14.9. The minimum absolute atomic E-state index is 0.568. The molecule has 2 aliphatic carbocycles. The van der Waals surface area contributed by atoms with Crippen molar-refractivity contribution in [2.45, 2.75) is 91.5 Å². The average Bonchev–Trinajstić information content (AvgIpc) is 2.43. The second-order valence-corrected chi connectivity index (χ2v) is 8.17. The van der Waals surface area contributed by atoms with Crippen LogP contribution in [-0.2, 0) is 0 Å². The van der Waals surface area contributed by atoms with E-state index in [2.05, 4.69) is 33.0 Å². The van der Waals surface area contributed by atoms with Gasteiger partial charge in [-0.05, 0) is 61.8 Å². The molecule has 20 heavy (non-hydrogen) atoms. The summed E-state index contributed by atoms with van der Waals surface area (Å²) in [5, 5.41) is 3.98. The Morgan fingerprint density at radius 3 is 2.35 bits per heavy atom. The first kappa shape index (κ1) is 16.3. The minimum Gasteiger partial charge on any atom is -0.313 e. The van der Waals surface area contributed by atoms with E-state index in [1.807, 2.05) is 0 Å². The molecule has 0 heterocycles. The summed E-state index contributed by atoms with van der Waals surface area (Å²) in [6.07, 6.45) is 12.9. The molecule has 0 aromatic carbocycles. The van der Waals surface area contributed by atoms with E-state index >= 15 is 0 Å². The minimum atomic E-state index is 0.568. The van der Waals surface area contributed by atoms with Gasteiger partial charge < -0.3 is 5.32 Å². The molecular formula is C19H37N. The van der Waals surface area contributed by atoms with Crippen LogP contribution in [0.4, 0.5) is 0 Å². The number of hydrogen-bond donors (Lipinski definition) is 1. The molecule has 0 amide bonds. The van der Waals surface area contributed by atoms with E-state index in [0.717, 1.165) is 23.8 Å². The maximum absolute atomic E-state index is 3.98. The zero-order valence-corrected chi connectivity index (χ0v) is 14.4. The van der Waals surface area contributed by atoms with Gasteiger partial charge in [-0.15, -0.1) is 0 Å². The lowest BCUT2D eigenvalue weighted by molar-refractivity contribution is 0.0632. The van der Waals surface area contributed by atoms with E-state index in [1.54, 1.807) is 0 Å². The van der Waals surface area contributed by atoms with Gasteiger partial charge in [-0.3, -0.25) is 0 Å². The van der Waals surface area contributed by atoms with Crippen LogP contribution in [0.1, 0.15) is 85.5 Å². The van der Waals surface area contributed by atoms with E-state index < -0.39 is 0 Å². The number of hydrogen-bond acceptors (Lipinski definition) is 1. The lowest BCUT2D eigenvalue weighted by atomic mass is 9.62. The van der Waals surface area contributed by atoms with Crippen LogP contribution in [0.2, 0.25) is 0 Å². The summed E-state index contributed by atoms with van der Waals surface area (Å²) in [6, 6.07) is 0.776. The fraction of sp³-hybridized carbons (Fsp3) is 1.00. The Labute approximate surface area is 127 Å². The van der Waals surface area contributed by atoms with Gasteiger partial charge in [0, 0.05) is 6.04 Å². The van der Waals surface area contributed by atoms with Crippen LogP contribution in [0, 0.1) is 23.2 Å². The summed E-state index contributed by atoms with van der Waals surface area (Å²) in [6.45, 7) is 11.0. The van der Waals surface area contributed by atoms with Crippen molar-refractivity contribution in [3.8, 4) is 0 Å². The number of nitrogens with one attached hydrogen (secondary N) is 1. The first-order valence-electron chi connectivity index (χ1n) is 9.30. The predicted octanol–water partition coefficient (Wildman–Crippen LogP) is 5.40.